The van der Waals surface area contributed by atoms with Crippen LogP contribution < -0.4 is 10.6 Å². The van der Waals surface area contributed by atoms with Crippen LogP contribution in [0.4, 0.5) is 20.8 Å². The van der Waals surface area contributed by atoms with Crippen LogP contribution >= 0.6 is 0 Å². The number of hydrogen-bond donors (Lipinski definition) is 3. The number of carbonyl (C=O) groups is 1. The number of nitrogens with zero attached hydrogens (tertiary/aromatic N) is 6. The van der Waals surface area contributed by atoms with Gasteiger partial charge in [0, 0.05) is 59.8 Å². The van der Waals surface area contributed by atoms with Gasteiger partial charge >= 0.3 is 6.09 Å². The smallest absolute Gasteiger partial charge is 0.410 e. The molecule has 12 heteroatoms. The molecule has 0 saturated heterocycles. The molecular formula is C28H31FN8O3. The highest BCUT2D eigenvalue weighted by Gasteiger charge is 2.31. The molecule has 0 radical (unpaired) electrons. The number of carbonyl (C=O) groups excluding carboxylic acids is 1. The number of aliphatic hydroxyl groups is 1. The summed E-state index contributed by atoms with van der Waals surface area (Å²) in [6.45, 7) is 6.93. The number of fused-ring (bicyclic) bond motifs is 4. The molecule has 3 N–H and O–H groups in total. The topological polar surface area (TPSA) is 120 Å². The molecule has 11 nitrogen and oxygen atoms in total. The zero-order valence-electron chi connectivity index (χ0n) is 22.6. The van der Waals surface area contributed by atoms with E-state index in [0.29, 0.717) is 37.4 Å². The molecule has 5 heterocycles. The molecule has 1 atom stereocenters. The zero-order valence-corrected chi connectivity index (χ0v) is 22.6. The van der Waals surface area contributed by atoms with Crippen LogP contribution in [-0.4, -0.2) is 66.8 Å². The van der Waals surface area contributed by atoms with Gasteiger partial charge in [-0.2, -0.15) is 5.10 Å². The van der Waals surface area contributed by atoms with E-state index in [1.54, 1.807) is 22.3 Å². The molecule has 0 fully saturated rings. The normalized spacial score (nSPS) is 17.9. The minimum absolute atomic E-state index is 0.000613. The van der Waals surface area contributed by atoms with Gasteiger partial charge < -0.3 is 29.9 Å². The van der Waals surface area contributed by atoms with Gasteiger partial charge in [0.05, 0.1) is 19.3 Å². The molecule has 3 aromatic rings. The quantitative estimate of drug-likeness (QED) is 0.443. The Morgan fingerprint density at radius 3 is 2.98 bits per heavy atom. The van der Waals surface area contributed by atoms with E-state index < -0.39 is 11.4 Å². The van der Waals surface area contributed by atoms with Crippen LogP contribution in [0.15, 0.2) is 47.8 Å². The molecule has 40 heavy (non-hydrogen) atoms. The lowest BCUT2D eigenvalue weighted by Crippen LogP contribution is -2.40. The van der Waals surface area contributed by atoms with E-state index in [1.165, 1.54) is 0 Å². The predicted molar refractivity (Wildman–Crippen MR) is 149 cm³/mol. The van der Waals surface area contributed by atoms with E-state index in [2.05, 4.69) is 30.3 Å². The largest absolute Gasteiger partial charge is 0.444 e. The average molecular weight is 547 g/mol. The van der Waals surface area contributed by atoms with E-state index in [-0.39, 0.29) is 30.5 Å². The highest BCUT2D eigenvalue weighted by Crippen LogP contribution is 2.34. The summed E-state index contributed by atoms with van der Waals surface area (Å²) in [7, 11) is 0. The lowest BCUT2D eigenvalue weighted by atomic mass is 10.0. The standard InChI is InChI=1S/C28H31FN8O3/c1-28(2,3)40-27(39)35-10-8-22-19(16-35)18-13-17(6-7-21(18)36(22)11-12-38)33-26-31-14-20(29)25(34-26)23-15-30-24-5-4-9-32-37(23)24/h4-7,9,13-15,24,30,38H,8,10-12,16H2,1-3H3,(H,31,33,34). The molecule has 0 aliphatic carbocycles. The maximum atomic E-state index is 14.8. The number of amides is 1. The molecule has 0 spiro atoms. The summed E-state index contributed by atoms with van der Waals surface area (Å²) in [5.74, 6) is -0.326. The van der Waals surface area contributed by atoms with Gasteiger partial charge in [-0.05, 0) is 51.1 Å². The second-order valence-corrected chi connectivity index (χ2v) is 10.8. The van der Waals surface area contributed by atoms with Gasteiger partial charge in [-0.25, -0.2) is 24.2 Å². The number of benzene rings is 1. The molecule has 3 aliphatic rings. The Labute approximate surface area is 230 Å². The minimum Gasteiger partial charge on any atom is -0.444 e. The molecule has 0 bridgehead atoms. The van der Waals surface area contributed by atoms with E-state index in [9.17, 15) is 14.3 Å². The lowest BCUT2D eigenvalue weighted by molar-refractivity contribution is 0.0223. The second-order valence-electron chi connectivity index (χ2n) is 10.8. The van der Waals surface area contributed by atoms with E-state index in [1.807, 2.05) is 51.1 Å². The SMILES string of the molecule is CC(C)(C)OC(=O)N1CCc2c(c3cc(Nc4ncc(F)c(C5=CNC6C=CC=NN56)n4)ccc3n2CCO)C1. The van der Waals surface area contributed by atoms with Gasteiger partial charge in [0.1, 0.15) is 23.2 Å². The average Bonchev–Trinajstić information content (AvgIpc) is 3.48. The summed E-state index contributed by atoms with van der Waals surface area (Å²) >= 11 is 0. The monoisotopic (exact) mass is 546 g/mol. The van der Waals surface area contributed by atoms with Crippen LogP contribution in [0.5, 0.6) is 0 Å². The molecule has 1 unspecified atom stereocenters. The number of ether oxygens (including phenoxy) is 1. The Hall–Kier alpha value is -4.45. The van der Waals surface area contributed by atoms with Crippen molar-refractivity contribution >= 4 is 40.5 Å². The number of hydrazone groups is 1. The summed E-state index contributed by atoms with van der Waals surface area (Å²) in [6, 6.07) is 5.84. The molecule has 1 aromatic carbocycles. The van der Waals surface area contributed by atoms with Gasteiger partial charge in [0.2, 0.25) is 5.95 Å². The lowest BCUT2D eigenvalue weighted by Gasteiger charge is -2.30. The zero-order chi connectivity index (χ0) is 28.0. The van der Waals surface area contributed by atoms with Crippen molar-refractivity contribution < 1.29 is 19.0 Å². The van der Waals surface area contributed by atoms with Crippen molar-refractivity contribution in [3.8, 4) is 0 Å². The maximum Gasteiger partial charge on any atom is 0.410 e. The molecule has 1 amide bonds. The predicted octanol–water partition coefficient (Wildman–Crippen LogP) is 3.68. The van der Waals surface area contributed by atoms with Crippen LogP contribution in [0.1, 0.15) is 37.7 Å². The van der Waals surface area contributed by atoms with Crippen molar-refractivity contribution in [3.05, 3.63) is 65.5 Å². The first-order valence-electron chi connectivity index (χ1n) is 13.2. The number of anilines is 2. The Morgan fingerprint density at radius 1 is 1.32 bits per heavy atom. The number of allylic oxidation sites excluding steroid dienone is 1. The first kappa shape index (κ1) is 25.8. The highest BCUT2D eigenvalue weighted by atomic mass is 19.1. The van der Waals surface area contributed by atoms with Crippen molar-refractivity contribution in [1.29, 1.82) is 0 Å². The first-order valence-corrected chi connectivity index (χ1v) is 13.2. The van der Waals surface area contributed by atoms with Crippen molar-refractivity contribution in [3.63, 3.8) is 0 Å². The first-order chi connectivity index (χ1) is 19.2. The fraction of sp³-hybridized carbons (Fsp3) is 0.357. The number of halogens is 1. The second kappa shape index (κ2) is 9.94. The molecular weight excluding hydrogens is 515 g/mol. The maximum absolute atomic E-state index is 14.8. The van der Waals surface area contributed by atoms with Crippen molar-refractivity contribution in [2.24, 2.45) is 5.10 Å². The summed E-state index contributed by atoms with van der Waals surface area (Å²) < 4.78 is 22.5. The van der Waals surface area contributed by atoms with Crippen LogP contribution in [0.3, 0.4) is 0 Å². The Kier molecular flexibility index (Phi) is 6.41. The summed E-state index contributed by atoms with van der Waals surface area (Å²) in [5, 5.41) is 23.0. The molecule has 208 valence electrons. The Balaban J connectivity index is 1.31. The van der Waals surface area contributed by atoms with Crippen LogP contribution in [0.2, 0.25) is 0 Å². The van der Waals surface area contributed by atoms with E-state index in [4.69, 9.17) is 4.74 Å². The van der Waals surface area contributed by atoms with Crippen LogP contribution in [-0.2, 0) is 24.2 Å². The van der Waals surface area contributed by atoms with Gasteiger partial charge in [-0.15, -0.1) is 0 Å². The van der Waals surface area contributed by atoms with Crippen molar-refractivity contribution in [2.45, 2.75) is 52.0 Å². The third-order valence-electron chi connectivity index (χ3n) is 6.94. The molecule has 0 saturated carbocycles. The molecule has 6 rings (SSSR count). The minimum atomic E-state index is -0.587. The number of aromatic nitrogens is 3. The third-order valence-corrected chi connectivity index (χ3v) is 6.94. The number of rotatable bonds is 5. The Morgan fingerprint density at radius 2 is 2.17 bits per heavy atom. The molecule has 3 aliphatic heterocycles. The third kappa shape index (κ3) is 4.75. The van der Waals surface area contributed by atoms with Crippen molar-refractivity contribution in [1.82, 2.24) is 29.8 Å². The van der Waals surface area contributed by atoms with Gasteiger partial charge in [-0.1, -0.05) is 0 Å². The van der Waals surface area contributed by atoms with E-state index in [0.717, 1.165) is 28.4 Å². The van der Waals surface area contributed by atoms with Crippen LogP contribution in [0, 0.1) is 5.82 Å². The van der Waals surface area contributed by atoms with E-state index >= 15 is 0 Å². The Bertz CT molecular complexity index is 1570. The van der Waals surface area contributed by atoms with Crippen molar-refractivity contribution in [2.75, 3.05) is 18.5 Å². The summed E-state index contributed by atoms with van der Waals surface area (Å²) in [6.07, 6.45) is 8.30. The number of nitrogens with one attached hydrogen (secondary N) is 2. The highest BCUT2D eigenvalue weighted by molar-refractivity contribution is 5.90. The van der Waals surface area contributed by atoms with Gasteiger partial charge in [-0.3, -0.25) is 0 Å². The number of hydrogen-bond acceptors (Lipinski definition) is 9. The van der Waals surface area contributed by atoms with Gasteiger partial charge in [0.15, 0.2) is 5.82 Å². The van der Waals surface area contributed by atoms with Gasteiger partial charge in [0.25, 0.3) is 0 Å². The molecule has 2 aromatic heterocycles. The summed E-state index contributed by atoms with van der Waals surface area (Å²) in [5.41, 5.74) is 3.80. The van der Waals surface area contributed by atoms with Crippen LogP contribution in [0.25, 0.3) is 16.6 Å². The fourth-order valence-electron chi connectivity index (χ4n) is 5.27. The summed E-state index contributed by atoms with van der Waals surface area (Å²) in [4.78, 5) is 23.2. The number of aliphatic hydroxyl groups excluding tert-OH is 1. The fourth-order valence-corrected chi connectivity index (χ4v) is 5.27.